The zero-order valence-corrected chi connectivity index (χ0v) is 19.1. The molecule has 7 nitrogen and oxygen atoms in total. The molecule has 1 amide bonds. The molecule has 0 spiro atoms. The molecule has 3 rings (SSSR count). The van der Waals surface area contributed by atoms with Crippen LogP contribution in [-0.4, -0.2) is 31.9 Å². The van der Waals surface area contributed by atoms with Gasteiger partial charge in [0, 0.05) is 23.9 Å². The zero-order chi connectivity index (χ0) is 22.3. The van der Waals surface area contributed by atoms with Crippen LogP contribution in [0.3, 0.4) is 0 Å². The smallest absolute Gasteiger partial charge is 0.268 e. The highest BCUT2D eigenvalue weighted by molar-refractivity contribution is 5.95. The standard InChI is InChI=1S/C23H31N5O2/c1-14(22(3,4)5)24-20(29)16-10-9-11-17(12-16)28-19(23(6,7)8)13-18(27-28)21-26-25-15(2)30-21/h9-14H,1-8H3,(H,24,29). The molecule has 30 heavy (non-hydrogen) atoms. The Morgan fingerprint density at radius 3 is 2.37 bits per heavy atom. The number of aromatic nitrogens is 4. The highest BCUT2D eigenvalue weighted by atomic mass is 16.4. The molecule has 0 saturated carbocycles. The second-order valence-corrected chi connectivity index (χ2v) is 9.81. The summed E-state index contributed by atoms with van der Waals surface area (Å²) in [6, 6.07) is 9.48. The van der Waals surface area contributed by atoms with Gasteiger partial charge in [0.05, 0.1) is 11.4 Å². The van der Waals surface area contributed by atoms with Crippen molar-refractivity contribution < 1.29 is 9.21 Å². The first-order valence-corrected chi connectivity index (χ1v) is 10.2. The van der Waals surface area contributed by atoms with Gasteiger partial charge in [-0.25, -0.2) is 4.68 Å². The SMILES string of the molecule is Cc1nnc(-c2cc(C(C)(C)C)n(-c3cccc(C(=O)NC(C)C(C)(C)C)c3)n2)o1. The topological polar surface area (TPSA) is 85.8 Å². The summed E-state index contributed by atoms with van der Waals surface area (Å²) in [7, 11) is 0. The number of benzene rings is 1. The summed E-state index contributed by atoms with van der Waals surface area (Å²) in [4.78, 5) is 12.8. The Hall–Kier alpha value is -2.96. The van der Waals surface area contributed by atoms with Crippen molar-refractivity contribution >= 4 is 5.91 Å². The van der Waals surface area contributed by atoms with E-state index in [0.29, 0.717) is 23.0 Å². The lowest BCUT2D eigenvalue weighted by Gasteiger charge is -2.28. The summed E-state index contributed by atoms with van der Waals surface area (Å²) >= 11 is 0. The van der Waals surface area contributed by atoms with Crippen LogP contribution in [-0.2, 0) is 5.41 Å². The Morgan fingerprint density at radius 2 is 1.80 bits per heavy atom. The van der Waals surface area contributed by atoms with Gasteiger partial charge in [0.15, 0.2) is 0 Å². The molecule has 0 radical (unpaired) electrons. The average Bonchev–Trinajstić information content (AvgIpc) is 3.27. The van der Waals surface area contributed by atoms with Gasteiger partial charge in [-0.05, 0) is 36.6 Å². The van der Waals surface area contributed by atoms with E-state index >= 15 is 0 Å². The summed E-state index contributed by atoms with van der Waals surface area (Å²) < 4.78 is 7.41. The molecule has 0 bridgehead atoms. The van der Waals surface area contributed by atoms with Gasteiger partial charge in [0.1, 0.15) is 5.69 Å². The molecule has 3 aromatic rings. The molecule has 1 aromatic carbocycles. The quantitative estimate of drug-likeness (QED) is 0.675. The first-order valence-electron chi connectivity index (χ1n) is 10.2. The fourth-order valence-electron chi connectivity index (χ4n) is 2.89. The third-order valence-corrected chi connectivity index (χ3v) is 5.22. The van der Waals surface area contributed by atoms with E-state index in [0.717, 1.165) is 11.4 Å². The molecule has 0 aliphatic heterocycles. The maximum absolute atomic E-state index is 12.8. The largest absolute Gasteiger partial charge is 0.420 e. The van der Waals surface area contributed by atoms with E-state index in [4.69, 9.17) is 9.52 Å². The fourth-order valence-corrected chi connectivity index (χ4v) is 2.89. The molecular formula is C23H31N5O2. The van der Waals surface area contributed by atoms with E-state index in [1.165, 1.54) is 0 Å². The van der Waals surface area contributed by atoms with Crippen molar-refractivity contribution in [2.24, 2.45) is 5.41 Å². The number of hydrogen-bond donors (Lipinski definition) is 1. The molecule has 0 saturated heterocycles. The second-order valence-electron chi connectivity index (χ2n) is 9.81. The van der Waals surface area contributed by atoms with Gasteiger partial charge in [-0.15, -0.1) is 10.2 Å². The number of nitrogens with one attached hydrogen (secondary N) is 1. The maximum atomic E-state index is 12.8. The molecule has 0 aliphatic carbocycles. The number of hydrogen-bond acceptors (Lipinski definition) is 5. The molecule has 2 aromatic heterocycles. The Balaban J connectivity index is 2.00. The maximum Gasteiger partial charge on any atom is 0.268 e. The highest BCUT2D eigenvalue weighted by Crippen LogP contribution is 2.29. The third-order valence-electron chi connectivity index (χ3n) is 5.22. The summed E-state index contributed by atoms with van der Waals surface area (Å²) in [5, 5.41) is 15.8. The minimum Gasteiger partial charge on any atom is -0.420 e. The van der Waals surface area contributed by atoms with E-state index in [9.17, 15) is 4.79 Å². The van der Waals surface area contributed by atoms with Crippen LogP contribution in [0.25, 0.3) is 17.3 Å². The monoisotopic (exact) mass is 409 g/mol. The first-order chi connectivity index (χ1) is 13.9. The van der Waals surface area contributed by atoms with Crippen molar-refractivity contribution in [3.63, 3.8) is 0 Å². The van der Waals surface area contributed by atoms with Crippen molar-refractivity contribution in [2.75, 3.05) is 0 Å². The van der Waals surface area contributed by atoms with Crippen molar-refractivity contribution in [2.45, 2.75) is 66.8 Å². The van der Waals surface area contributed by atoms with E-state index < -0.39 is 0 Å². The number of nitrogens with zero attached hydrogens (tertiary/aromatic N) is 4. The first kappa shape index (κ1) is 21.7. The van der Waals surface area contributed by atoms with Crippen molar-refractivity contribution in [3.05, 3.63) is 47.5 Å². The lowest BCUT2D eigenvalue weighted by atomic mass is 9.88. The number of carbonyl (C=O) groups excluding carboxylic acids is 1. The van der Waals surface area contributed by atoms with Gasteiger partial charge >= 0.3 is 0 Å². The summed E-state index contributed by atoms with van der Waals surface area (Å²) in [6.07, 6.45) is 0. The molecule has 0 fully saturated rings. The molecule has 160 valence electrons. The summed E-state index contributed by atoms with van der Waals surface area (Å²) in [5.41, 5.74) is 2.78. The van der Waals surface area contributed by atoms with Gasteiger partial charge in [-0.3, -0.25) is 4.79 Å². The molecule has 0 aliphatic rings. The van der Waals surface area contributed by atoms with Gasteiger partial charge in [0.25, 0.3) is 11.8 Å². The van der Waals surface area contributed by atoms with Crippen molar-refractivity contribution in [1.29, 1.82) is 0 Å². The van der Waals surface area contributed by atoms with Gasteiger partial charge in [-0.2, -0.15) is 5.10 Å². The second kappa shape index (κ2) is 7.70. The number of amides is 1. The summed E-state index contributed by atoms with van der Waals surface area (Å²) in [5.74, 6) is 0.768. The normalized spacial score (nSPS) is 13.3. The van der Waals surface area contributed by atoms with Crippen LogP contribution in [0.4, 0.5) is 0 Å². The van der Waals surface area contributed by atoms with Crippen LogP contribution < -0.4 is 5.32 Å². The predicted molar refractivity (Wildman–Crippen MR) is 117 cm³/mol. The molecular weight excluding hydrogens is 378 g/mol. The van der Waals surface area contributed by atoms with Crippen molar-refractivity contribution in [1.82, 2.24) is 25.3 Å². The van der Waals surface area contributed by atoms with Crippen LogP contribution in [0.5, 0.6) is 0 Å². The molecule has 1 atom stereocenters. The van der Waals surface area contributed by atoms with E-state index in [-0.39, 0.29) is 22.8 Å². The lowest BCUT2D eigenvalue weighted by Crippen LogP contribution is -2.41. The zero-order valence-electron chi connectivity index (χ0n) is 19.1. The third kappa shape index (κ3) is 4.61. The van der Waals surface area contributed by atoms with E-state index in [2.05, 4.69) is 57.1 Å². The minimum absolute atomic E-state index is 0.0221. The Morgan fingerprint density at radius 1 is 1.10 bits per heavy atom. The van der Waals surface area contributed by atoms with E-state index in [1.54, 1.807) is 6.92 Å². The molecule has 1 N–H and O–H groups in total. The predicted octanol–water partition coefficient (Wildman–Crippen LogP) is 4.69. The number of rotatable bonds is 4. The fraction of sp³-hybridized carbons (Fsp3) is 0.478. The summed E-state index contributed by atoms with van der Waals surface area (Å²) in [6.45, 7) is 16.4. The minimum atomic E-state index is -0.181. The van der Waals surface area contributed by atoms with Crippen LogP contribution in [0, 0.1) is 12.3 Å². The molecule has 2 heterocycles. The Bertz CT molecular complexity index is 1050. The highest BCUT2D eigenvalue weighted by Gasteiger charge is 2.25. The molecule has 7 heteroatoms. The number of aryl methyl sites for hydroxylation is 1. The number of carbonyl (C=O) groups is 1. The average molecular weight is 410 g/mol. The van der Waals surface area contributed by atoms with Crippen LogP contribution in [0.1, 0.15) is 70.4 Å². The van der Waals surface area contributed by atoms with Gasteiger partial charge < -0.3 is 9.73 Å². The van der Waals surface area contributed by atoms with Crippen molar-refractivity contribution in [3.8, 4) is 17.3 Å². The van der Waals surface area contributed by atoms with Crippen LogP contribution >= 0.6 is 0 Å². The Kier molecular flexibility index (Phi) is 5.58. The Labute approximate surface area is 177 Å². The van der Waals surface area contributed by atoms with Crippen LogP contribution in [0.15, 0.2) is 34.7 Å². The van der Waals surface area contributed by atoms with E-state index in [1.807, 2.05) is 41.9 Å². The molecule has 1 unspecified atom stereocenters. The van der Waals surface area contributed by atoms with Gasteiger partial charge in [0.2, 0.25) is 5.89 Å². The van der Waals surface area contributed by atoms with Gasteiger partial charge in [-0.1, -0.05) is 47.6 Å². The lowest BCUT2D eigenvalue weighted by molar-refractivity contribution is 0.0910. The van der Waals surface area contributed by atoms with Crippen LogP contribution in [0.2, 0.25) is 0 Å².